The predicted octanol–water partition coefficient (Wildman–Crippen LogP) is 25.5. The molecule has 0 bridgehead atoms. The number of carbonyl (C=O) groups excluding carboxylic acids is 3. The summed E-state index contributed by atoms with van der Waals surface area (Å²) in [7, 11) is 0. The molecule has 1 unspecified atom stereocenters. The highest BCUT2D eigenvalue weighted by molar-refractivity contribution is 5.71. The number of hydrogen-bond acceptors (Lipinski definition) is 6. The summed E-state index contributed by atoms with van der Waals surface area (Å²) in [5.74, 6) is -0.862. The van der Waals surface area contributed by atoms with Crippen molar-refractivity contribution in [2.45, 2.75) is 399 Å². The molecule has 1 atom stereocenters. The van der Waals surface area contributed by atoms with Crippen LogP contribution in [0.2, 0.25) is 0 Å². The van der Waals surface area contributed by atoms with Crippen molar-refractivity contribution in [1.29, 1.82) is 0 Å². The molecule has 484 valence electrons. The Hall–Kier alpha value is -2.89. The lowest BCUT2D eigenvalue weighted by Crippen LogP contribution is -2.30. The molecule has 0 aromatic carbocycles. The molecule has 6 heteroatoms. The second-order valence-electron chi connectivity index (χ2n) is 24.9. The van der Waals surface area contributed by atoms with E-state index in [2.05, 4.69) is 81.5 Å². The monoisotopic (exact) mass is 1160 g/mol. The van der Waals surface area contributed by atoms with Gasteiger partial charge < -0.3 is 14.2 Å². The summed E-state index contributed by atoms with van der Waals surface area (Å²) in [6, 6.07) is 0. The molecule has 83 heavy (non-hydrogen) atoms. The fraction of sp³-hybridized carbons (Fsp3) is 0.831. The van der Waals surface area contributed by atoms with Crippen LogP contribution in [0.25, 0.3) is 0 Å². The van der Waals surface area contributed by atoms with Crippen molar-refractivity contribution in [2.24, 2.45) is 0 Å². The van der Waals surface area contributed by atoms with Gasteiger partial charge in [0, 0.05) is 19.3 Å². The molecule has 0 aromatic rings. The van der Waals surface area contributed by atoms with Crippen LogP contribution in [0.15, 0.2) is 60.8 Å². The first kappa shape index (κ1) is 80.1. The molecule has 0 N–H and O–H groups in total. The topological polar surface area (TPSA) is 78.9 Å². The van der Waals surface area contributed by atoms with Crippen LogP contribution in [0.1, 0.15) is 393 Å². The van der Waals surface area contributed by atoms with Crippen molar-refractivity contribution in [1.82, 2.24) is 0 Å². The minimum atomic E-state index is -0.780. The zero-order valence-corrected chi connectivity index (χ0v) is 55.7. The van der Waals surface area contributed by atoms with Gasteiger partial charge in [0.25, 0.3) is 0 Å². The van der Waals surface area contributed by atoms with Crippen LogP contribution in [0.5, 0.6) is 0 Å². The molecule has 0 aliphatic heterocycles. The van der Waals surface area contributed by atoms with E-state index < -0.39 is 6.10 Å². The molecule has 0 radical (unpaired) electrons. The molecule has 0 rings (SSSR count). The van der Waals surface area contributed by atoms with Crippen LogP contribution in [0, 0.1) is 0 Å². The van der Waals surface area contributed by atoms with Crippen LogP contribution in [0.4, 0.5) is 0 Å². The van der Waals surface area contributed by atoms with Gasteiger partial charge in [-0.25, -0.2) is 0 Å². The van der Waals surface area contributed by atoms with Gasteiger partial charge in [-0.1, -0.05) is 345 Å². The third-order valence-corrected chi connectivity index (χ3v) is 16.5. The minimum Gasteiger partial charge on any atom is -0.462 e. The van der Waals surface area contributed by atoms with Crippen molar-refractivity contribution >= 4 is 17.9 Å². The molecular formula is C77H140O6. The maximum absolute atomic E-state index is 13.0. The molecule has 0 spiro atoms. The average molecular weight is 1160 g/mol. The van der Waals surface area contributed by atoms with Gasteiger partial charge in [0.1, 0.15) is 13.2 Å². The molecule has 0 aliphatic rings. The Balaban J connectivity index is 4.27. The number of unbranched alkanes of at least 4 members (excludes halogenated alkanes) is 47. The van der Waals surface area contributed by atoms with Crippen molar-refractivity contribution in [3.63, 3.8) is 0 Å². The summed E-state index contributed by atoms with van der Waals surface area (Å²) in [5, 5.41) is 0. The summed E-state index contributed by atoms with van der Waals surface area (Å²) < 4.78 is 17.0. The molecule has 6 nitrogen and oxygen atoms in total. The second kappa shape index (κ2) is 71.6. The van der Waals surface area contributed by atoms with Gasteiger partial charge in [-0.2, -0.15) is 0 Å². The maximum Gasteiger partial charge on any atom is 0.306 e. The number of hydrogen-bond donors (Lipinski definition) is 0. The van der Waals surface area contributed by atoms with Gasteiger partial charge in [-0.15, -0.1) is 0 Å². The lowest BCUT2D eigenvalue weighted by molar-refractivity contribution is -0.167. The third-order valence-electron chi connectivity index (χ3n) is 16.5. The van der Waals surface area contributed by atoms with Crippen molar-refractivity contribution in [3.05, 3.63) is 60.8 Å². The summed E-state index contributed by atoms with van der Waals surface area (Å²) >= 11 is 0. The van der Waals surface area contributed by atoms with Crippen LogP contribution in [-0.2, 0) is 28.6 Å². The molecule has 0 saturated heterocycles. The van der Waals surface area contributed by atoms with E-state index in [-0.39, 0.29) is 31.1 Å². The predicted molar refractivity (Wildman–Crippen MR) is 362 cm³/mol. The molecule has 0 aliphatic carbocycles. The first-order valence-corrected chi connectivity index (χ1v) is 36.8. The number of carbonyl (C=O) groups is 3. The highest BCUT2D eigenvalue weighted by Crippen LogP contribution is 2.18. The molecule has 0 heterocycles. The lowest BCUT2D eigenvalue weighted by atomic mass is 10.0. The highest BCUT2D eigenvalue weighted by Gasteiger charge is 2.19. The van der Waals surface area contributed by atoms with E-state index in [0.29, 0.717) is 19.3 Å². The van der Waals surface area contributed by atoms with E-state index in [1.54, 1.807) is 0 Å². The fourth-order valence-electron chi connectivity index (χ4n) is 11.0. The van der Waals surface area contributed by atoms with E-state index >= 15 is 0 Å². The van der Waals surface area contributed by atoms with Crippen molar-refractivity contribution in [2.75, 3.05) is 13.2 Å². The Bertz CT molecular complexity index is 1470. The van der Waals surface area contributed by atoms with Crippen molar-refractivity contribution in [3.8, 4) is 0 Å². The zero-order valence-electron chi connectivity index (χ0n) is 55.7. The normalized spacial score (nSPS) is 12.4. The van der Waals surface area contributed by atoms with E-state index in [4.69, 9.17) is 14.2 Å². The molecular weight excluding hydrogens is 1020 g/mol. The van der Waals surface area contributed by atoms with Crippen LogP contribution in [-0.4, -0.2) is 37.2 Å². The SMILES string of the molecule is CCCCCC/C=C\C/C=C\CCCCCCCC(=O)OCC(COC(=O)CCCCCCCCCCCCCCCC/C=C\C/C=C\C/C=C\CCCCCCC)OC(=O)CCCCCCCCCCCCCCCCCCCCCC. The summed E-state index contributed by atoms with van der Waals surface area (Å²) in [4.78, 5) is 38.5. The highest BCUT2D eigenvalue weighted by atomic mass is 16.6. The largest absolute Gasteiger partial charge is 0.462 e. The van der Waals surface area contributed by atoms with Crippen LogP contribution >= 0.6 is 0 Å². The Morgan fingerprint density at radius 2 is 0.434 bits per heavy atom. The Labute approximate surface area is 517 Å². The molecule has 0 fully saturated rings. The van der Waals surface area contributed by atoms with Crippen LogP contribution < -0.4 is 0 Å². The first-order valence-electron chi connectivity index (χ1n) is 36.8. The van der Waals surface area contributed by atoms with E-state index in [9.17, 15) is 14.4 Å². The third kappa shape index (κ3) is 69.8. The van der Waals surface area contributed by atoms with Crippen molar-refractivity contribution < 1.29 is 28.6 Å². The standard InChI is InChI=1S/C77H140O6/c1-4-7-10-13-16-19-22-25-28-31-33-35-36-37-38-39-40-41-42-43-45-46-49-52-55-58-61-64-67-70-76(79)82-73-74(72-81-75(78)69-66-63-60-57-54-51-48-30-27-24-21-18-15-12-9-6-3)83-77(80)71-68-65-62-59-56-53-50-47-44-34-32-29-26-23-20-17-14-11-8-5-2/h21-22,24-25,30-31,33,36-37,48,74H,4-20,23,26-29,32,34-35,38-47,49-73H2,1-3H3/b24-21-,25-22-,33-31-,37-36-,48-30-. The molecule has 0 amide bonds. The fourth-order valence-corrected chi connectivity index (χ4v) is 11.0. The number of allylic oxidation sites excluding steroid dienone is 10. The quantitative estimate of drug-likeness (QED) is 0.0261. The smallest absolute Gasteiger partial charge is 0.306 e. The average Bonchev–Trinajstić information content (AvgIpc) is 3.49. The van der Waals surface area contributed by atoms with Gasteiger partial charge in [0.15, 0.2) is 6.10 Å². The van der Waals surface area contributed by atoms with Gasteiger partial charge in [0.2, 0.25) is 0 Å². The lowest BCUT2D eigenvalue weighted by Gasteiger charge is -2.18. The maximum atomic E-state index is 13.0. The summed E-state index contributed by atoms with van der Waals surface area (Å²) in [6.45, 7) is 6.67. The number of ether oxygens (including phenoxy) is 3. The van der Waals surface area contributed by atoms with E-state index in [0.717, 1.165) is 89.9 Å². The molecule has 0 aromatic heterocycles. The Morgan fingerprint density at radius 1 is 0.241 bits per heavy atom. The first-order chi connectivity index (χ1) is 41.0. The zero-order chi connectivity index (χ0) is 59.9. The molecule has 0 saturated carbocycles. The summed E-state index contributed by atoms with van der Waals surface area (Å²) in [6.07, 6.45) is 92.5. The van der Waals surface area contributed by atoms with Gasteiger partial charge >= 0.3 is 17.9 Å². The second-order valence-corrected chi connectivity index (χ2v) is 24.9. The van der Waals surface area contributed by atoms with Crippen LogP contribution in [0.3, 0.4) is 0 Å². The number of rotatable bonds is 68. The van der Waals surface area contributed by atoms with Gasteiger partial charge in [0.05, 0.1) is 0 Å². The minimum absolute atomic E-state index is 0.0746. The Morgan fingerprint density at radius 3 is 0.687 bits per heavy atom. The number of esters is 3. The van der Waals surface area contributed by atoms with Gasteiger partial charge in [-0.3, -0.25) is 14.4 Å². The van der Waals surface area contributed by atoms with Gasteiger partial charge in [-0.05, 0) is 89.9 Å². The van der Waals surface area contributed by atoms with E-state index in [1.807, 2.05) is 0 Å². The Kier molecular flexibility index (Phi) is 69.1. The van der Waals surface area contributed by atoms with E-state index in [1.165, 1.54) is 263 Å². The summed E-state index contributed by atoms with van der Waals surface area (Å²) in [5.41, 5.74) is 0.